The molecule has 0 bridgehead atoms. The van der Waals surface area contributed by atoms with E-state index in [0.29, 0.717) is 25.7 Å². The number of hydrogen-bond donors (Lipinski definition) is 1. The van der Waals surface area contributed by atoms with Crippen LogP contribution in [0.25, 0.3) is 0 Å². The SMILES string of the molecule is CC(N)C1(c2c(F)c(F)c(F)c(F)c2F)CCCC1. The van der Waals surface area contributed by atoms with Crippen LogP contribution in [0, 0.1) is 29.1 Å². The number of nitrogens with two attached hydrogens (primary N) is 1. The van der Waals surface area contributed by atoms with Crippen molar-refractivity contribution in [2.24, 2.45) is 5.73 Å². The van der Waals surface area contributed by atoms with Crippen molar-refractivity contribution < 1.29 is 22.0 Å². The van der Waals surface area contributed by atoms with Crippen molar-refractivity contribution in [1.29, 1.82) is 0 Å². The van der Waals surface area contributed by atoms with Crippen LogP contribution in [0.4, 0.5) is 22.0 Å². The first kappa shape index (κ1) is 14.2. The first-order valence-electron chi connectivity index (χ1n) is 6.10. The second-order valence-corrected chi connectivity index (χ2v) is 5.10. The highest BCUT2D eigenvalue weighted by Crippen LogP contribution is 2.46. The zero-order valence-corrected chi connectivity index (χ0v) is 10.4. The molecule has 1 nitrogen and oxygen atoms in total. The summed E-state index contributed by atoms with van der Waals surface area (Å²) in [6, 6.07) is -0.691. The smallest absolute Gasteiger partial charge is 0.200 e. The molecule has 1 aliphatic carbocycles. The van der Waals surface area contributed by atoms with Crippen molar-refractivity contribution in [3.63, 3.8) is 0 Å². The van der Waals surface area contributed by atoms with Crippen LogP contribution in [0.1, 0.15) is 38.2 Å². The van der Waals surface area contributed by atoms with Crippen molar-refractivity contribution in [3.8, 4) is 0 Å². The van der Waals surface area contributed by atoms with E-state index in [2.05, 4.69) is 0 Å². The van der Waals surface area contributed by atoms with Crippen LogP contribution in [0.5, 0.6) is 0 Å². The molecule has 1 aromatic rings. The van der Waals surface area contributed by atoms with E-state index in [4.69, 9.17) is 5.73 Å². The lowest BCUT2D eigenvalue weighted by Crippen LogP contribution is -2.43. The molecule has 1 fully saturated rings. The molecule has 1 unspecified atom stereocenters. The molecule has 2 N–H and O–H groups in total. The molecular weight excluding hydrogens is 265 g/mol. The van der Waals surface area contributed by atoms with Gasteiger partial charge in [0.15, 0.2) is 23.3 Å². The molecular formula is C13H14F5N. The van der Waals surface area contributed by atoms with Crippen LogP contribution in [0.15, 0.2) is 0 Å². The number of hydrogen-bond acceptors (Lipinski definition) is 1. The molecule has 1 aliphatic rings. The minimum atomic E-state index is -2.13. The Balaban J connectivity index is 2.75. The molecule has 19 heavy (non-hydrogen) atoms. The van der Waals surface area contributed by atoms with Gasteiger partial charge in [-0.3, -0.25) is 0 Å². The monoisotopic (exact) mass is 279 g/mol. The Bertz CT molecular complexity index is 477. The Kier molecular flexibility index (Phi) is 3.55. The quantitative estimate of drug-likeness (QED) is 0.500. The summed E-state index contributed by atoms with van der Waals surface area (Å²) in [7, 11) is 0. The lowest BCUT2D eigenvalue weighted by molar-refractivity contribution is 0.303. The van der Waals surface area contributed by atoms with Crippen LogP contribution in [-0.2, 0) is 5.41 Å². The second-order valence-electron chi connectivity index (χ2n) is 5.10. The largest absolute Gasteiger partial charge is 0.327 e. The van der Waals surface area contributed by atoms with E-state index < -0.39 is 46.1 Å². The maximum absolute atomic E-state index is 13.9. The van der Waals surface area contributed by atoms with E-state index in [9.17, 15) is 22.0 Å². The minimum Gasteiger partial charge on any atom is -0.327 e. The third-order valence-corrected chi connectivity index (χ3v) is 4.08. The summed E-state index contributed by atoms with van der Waals surface area (Å²) in [4.78, 5) is 0. The zero-order chi connectivity index (χ0) is 14.4. The molecule has 106 valence electrons. The van der Waals surface area contributed by atoms with Gasteiger partial charge in [0.05, 0.1) is 0 Å². The van der Waals surface area contributed by atoms with Crippen molar-refractivity contribution in [2.45, 2.75) is 44.1 Å². The normalized spacial score (nSPS) is 19.7. The van der Waals surface area contributed by atoms with E-state index in [0.717, 1.165) is 0 Å². The number of halogens is 5. The minimum absolute atomic E-state index is 0.322. The first-order chi connectivity index (χ1) is 8.83. The summed E-state index contributed by atoms with van der Waals surface area (Å²) < 4.78 is 67.4. The zero-order valence-electron chi connectivity index (χ0n) is 10.4. The lowest BCUT2D eigenvalue weighted by Gasteiger charge is -2.34. The van der Waals surface area contributed by atoms with Crippen molar-refractivity contribution in [3.05, 3.63) is 34.6 Å². The molecule has 0 aromatic heterocycles. The van der Waals surface area contributed by atoms with E-state index in [1.807, 2.05) is 0 Å². The summed E-state index contributed by atoms with van der Waals surface area (Å²) in [5, 5.41) is 0. The fraction of sp³-hybridized carbons (Fsp3) is 0.538. The lowest BCUT2D eigenvalue weighted by atomic mass is 9.73. The molecule has 0 saturated heterocycles. The average Bonchev–Trinajstić information content (AvgIpc) is 2.85. The van der Waals surface area contributed by atoms with Crippen LogP contribution < -0.4 is 5.73 Å². The van der Waals surface area contributed by atoms with Gasteiger partial charge in [-0.2, -0.15) is 0 Å². The molecule has 2 rings (SSSR count). The van der Waals surface area contributed by atoms with Gasteiger partial charge in [0, 0.05) is 17.0 Å². The number of rotatable bonds is 2. The Labute approximate surface area is 107 Å². The molecule has 0 spiro atoms. The Morgan fingerprint density at radius 3 is 1.58 bits per heavy atom. The average molecular weight is 279 g/mol. The highest BCUT2D eigenvalue weighted by atomic mass is 19.2. The molecule has 0 heterocycles. The predicted octanol–water partition coefficient (Wildman–Crippen LogP) is 3.54. The molecule has 0 aliphatic heterocycles. The first-order valence-corrected chi connectivity index (χ1v) is 6.10. The highest BCUT2D eigenvalue weighted by Gasteiger charge is 2.45. The third-order valence-electron chi connectivity index (χ3n) is 4.08. The topological polar surface area (TPSA) is 26.0 Å². The second kappa shape index (κ2) is 4.74. The van der Waals surface area contributed by atoms with Crippen molar-refractivity contribution in [2.75, 3.05) is 0 Å². The van der Waals surface area contributed by atoms with Gasteiger partial charge in [0.2, 0.25) is 5.82 Å². The van der Waals surface area contributed by atoms with Crippen molar-refractivity contribution in [1.82, 2.24) is 0 Å². The van der Waals surface area contributed by atoms with E-state index >= 15 is 0 Å². The Hall–Kier alpha value is -1.17. The van der Waals surface area contributed by atoms with Crippen LogP contribution in [0.2, 0.25) is 0 Å². The van der Waals surface area contributed by atoms with Gasteiger partial charge >= 0.3 is 0 Å². The molecule has 1 atom stereocenters. The Morgan fingerprint density at radius 2 is 1.21 bits per heavy atom. The highest BCUT2D eigenvalue weighted by molar-refractivity contribution is 5.34. The standard InChI is InChI=1S/C13H14F5N/c1-6(19)13(4-2-3-5-13)7-8(14)10(16)12(18)11(17)9(7)15/h6H,2-5,19H2,1H3. The van der Waals surface area contributed by atoms with Gasteiger partial charge in [-0.15, -0.1) is 0 Å². The van der Waals surface area contributed by atoms with Crippen molar-refractivity contribution >= 4 is 0 Å². The number of benzene rings is 1. The third kappa shape index (κ3) is 1.93. The van der Waals surface area contributed by atoms with Crippen LogP contribution >= 0.6 is 0 Å². The molecule has 1 aromatic carbocycles. The summed E-state index contributed by atoms with van der Waals surface area (Å²) in [6.07, 6.45) is 1.95. The summed E-state index contributed by atoms with van der Waals surface area (Å²) in [5.74, 6) is -9.44. The summed E-state index contributed by atoms with van der Waals surface area (Å²) >= 11 is 0. The van der Waals surface area contributed by atoms with E-state index in [1.165, 1.54) is 6.92 Å². The maximum atomic E-state index is 13.9. The molecule has 6 heteroatoms. The molecule has 0 radical (unpaired) electrons. The predicted molar refractivity (Wildman–Crippen MR) is 60.0 cm³/mol. The van der Waals surface area contributed by atoms with Gasteiger partial charge in [-0.1, -0.05) is 12.8 Å². The summed E-state index contributed by atoms with van der Waals surface area (Å²) in [6.45, 7) is 1.53. The van der Waals surface area contributed by atoms with Crippen LogP contribution in [-0.4, -0.2) is 6.04 Å². The van der Waals surface area contributed by atoms with Gasteiger partial charge in [0.25, 0.3) is 0 Å². The van der Waals surface area contributed by atoms with Gasteiger partial charge < -0.3 is 5.73 Å². The van der Waals surface area contributed by atoms with E-state index in [1.54, 1.807) is 0 Å². The van der Waals surface area contributed by atoms with Crippen LogP contribution in [0.3, 0.4) is 0 Å². The Morgan fingerprint density at radius 1 is 0.842 bits per heavy atom. The van der Waals surface area contributed by atoms with Gasteiger partial charge in [-0.25, -0.2) is 22.0 Å². The molecule has 1 saturated carbocycles. The molecule has 0 amide bonds. The van der Waals surface area contributed by atoms with Gasteiger partial charge in [0.1, 0.15) is 0 Å². The van der Waals surface area contributed by atoms with E-state index in [-0.39, 0.29) is 0 Å². The maximum Gasteiger partial charge on any atom is 0.200 e. The fourth-order valence-corrected chi connectivity index (χ4v) is 2.98. The fourth-order valence-electron chi connectivity index (χ4n) is 2.98. The summed E-state index contributed by atoms with van der Waals surface area (Å²) in [5.41, 5.74) is 3.84. The van der Waals surface area contributed by atoms with Gasteiger partial charge in [-0.05, 0) is 19.8 Å².